The van der Waals surface area contributed by atoms with E-state index in [9.17, 15) is 0 Å². The van der Waals surface area contributed by atoms with Gasteiger partial charge in [-0.15, -0.1) is 0 Å². The second-order valence-corrected chi connectivity index (χ2v) is 1.01. The van der Waals surface area contributed by atoms with Crippen molar-refractivity contribution in [1.29, 1.82) is 0 Å². The van der Waals surface area contributed by atoms with E-state index in [-0.39, 0.29) is 0 Å². The Bertz CT molecular complexity index is 143. The van der Waals surface area contributed by atoms with Gasteiger partial charge in [-0.05, 0) is 0 Å². The van der Waals surface area contributed by atoms with Crippen LogP contribution in [0.3, 0.4) is 0 Å². The summed E-state index contributed by atoms with van der Waals surface area (Å²) in [7, 11) is 0. The SMILES string of the molecule is C=[C]c1ncco1. The van der Waals surface area contributed by atoms with E-state index in [1.54, 1.807) is 6.20 Å². The zero-order valence-electron chi connectivity index (χ0n) is 3.72. The van der Waals surface area contributed by atoms with Gasteiger partial charge in [-0.1, -0.05) is 6.58 Å². The monoisotopic (exact) mass is 94.0 g/mol. The zero-order valence-corrected chi connectivity index (χ0v) is 3.72. The average molecular weight is 94.1 g/mol. The lowest BCUT2D eigenvalue weighted by atomic mass is 10.6. The van der Waals surface area contributed by atoms with Crippen LogP contribution in [0.25, 0.3) is 0 Å². The van der Waals surface area contributed by atoms with Crippen molar-refractivity contribution in [2.75, 3.05) is 0 Å². The summed E-state index contributed by atoms with van der Waals surface area (Å²) in [5, 5.41) is 0. The molecule has 0 amide bonds. The molecule has 2 heteroatoms. The van der Waals surface area contributed by atoms with Crippen molar-refractivity contribution in [2.45, 2.75) is 0 Å². The fraction of sp³-hybridized carbons (Fsp3) is 0. The maximum atomic E-state index is 4.70. The van der Waals surface area contributed by atoms with Crippen molar-refractivity contribution in [3.8, 4) is 0 Å². The zero-order chi connectivity index (χ0) is 5.11. The third-order valence-corrected chi connectivity index (χ3v) is 0.584. The molecule has 1 aromatic rings. The first-order valence-electron chi connectivity index (χ1n) is 1.86. The Hall–Kier alpha value is -1.05. The number of hydrogen-bond acceptors (Lipinski definition) is 2. The molecule has 0 aliphatic rings. The molecule has 0 spiro atoms. The molecular formula is C5H4NO. The first kappa shape index (κ1) is 4.12. The molecule has 0 saturated carbocycles. The Kier molecular flexibility index (Phi) is 0.941. The van der Waals surface area contributed by atoms with Crippen LogP contribution in [0.2, 0.25) is 0 Å². The van der Waals surface area contributed by atoms with Crippen LogP contribution in [-0.4, -0.2) is 4.98 Å². The van der Waals surface area contributed by atoms with Gasteiger partial charge in [0.05, 0.1) is 6.20 Å². The predicted octanol–water partition coefficient (Wildman–Crippen LogP) is 1.01. The molecule has 1 radical (unpaired) electrons. The minimum Gasteiger partial charge on any atom is -0.445 e. The number of hydrogen-bond donors (Lipinski definition) is 0. The van der Waals surface area contributed by atoms with Gasteiger partial charge < -0.3 is 4.42 Å². The Labute approximate surface area is 41.5 Å². The molecule has 2 nitrogen and oxygen atoms in total. The minimum atomic E-state index is 0.444. The lowest BCUT2D eigenvalue weighted by Crippen LogP contribution is -1.64. The quantitative estimate of drug-likeness (QED) is 0.519. The van der Waals surface area contributed by atoms with E-state index in [0.29, 0.717) is 5.89 Å². The number of aromatic nitrogens is 1. The summed E-state index contributed by atoms with van der Waals surface area (Å²) in [6.07, 6.45) is 5.51. The summed E-state index contributed by atoms with van der Waals surface area (Å²) in [6, 6.07) is 0. The predicted molar refractivity (Wildman–Crippen MR) is 24.5 cm³/mol. The van der Waals surface area contributed by atoms with E-state index >= 15 is 0 Å². The lowest BCUT2D eigenvalue weighted by Gasteiger charge is -1.70. The molecule has 0 fully saturated rings. The van der Waals surface area contributed by atoms with Gasteiger partial charge >= 0.3 is 0 Å². The molecule has 1 rings (SSSR count). The van der Waals surface area contributed by atoms with Gasteiger partial charge in [0, 0.05) is 6.08 Å². The van der Waals surface area contributed by atoms with Crippen molar-refractivity contribution >= 4 is 0 Å². The lowest BCUT2D eigenvalue weighted by molar-refractivity contribution is 0.535. The maximum absolute atomic E-state index is 4.70. The van der Waals surface area contributed by atoms with Crippen LogP contribution in [0.15, 0.2) is 23.5 Å². The van der Waals surface area contributed by atoms with E-state index in [4.69, 9.17) is 4.42 Å². The molecule has 1 heterocycles. The van der Waals surface area contributed by atoms with Crippen LogP contribution in [0.4, 0.5) is 0 Å². The molecule has 0 atom stereocenters. The third-order valence-electron chi connectivity index (χ3n) is 0.584. The van der Waals surface area contributed by atoms with E-state index < -0.39 is 0 Å². The van der Waals surface area contributed by atoms with Crippen LogP contribution >= 0.6 is 0 Å². The molecule has 0 saturated heterocycles. The number of nitrogens with zero attached hydrogens (tertiary/aromatic N) is 1. The van der Waals surface area contributed by atoms with Gasteiger partial charge in [0.25, 0.3) is 0 Å². The summed E-state index contributed by atoms with van der Waals surface area (Å²) < 4.78 is 4.70. The first-order chi connectivity index (χ1) is 3.43. The smallest absolute Gasteiger partial charge is 0.226 e. The van der Waals surface area contributed by atoms with Crippen LogP contribution in [-0.2, 0) is 0 Å². The van der Waals surface area contributed by atoms with Gasteiger partial charge in [-0.3, -0.25) is 0 Å². The average Bonchev–Trinajstić information content (AvgIpc) is 2.14. The molecule has 0 bridgehead atoms. The normalized spacial score (nSPS) is 8.57. The van der Waals surface area contributed by atoms with Crippen LogP contribution in [0.5, 0.6) is 0 Å². The first-order valence-corrected chi connectivity index (χ1v) is 1.86. The molecule has 0 N–H and O–H groups in total. The Morgan fingerprint density at radius 2 is 2.71 bits per heavy atom. The molecule has 0 aliphatic carbocycles. The standard InChI is InChI=1S/C5H4NO/c1-2-5-6-3-4-7-5/h3-4H,1H2. The van der Waals surface area contributed by atoms with Gasteiger partial charge in [0.2, 0.25) is 5.89 Å². The second-order valence-electron chi connectivity index (χ2n) is 1.01. The summed E-state index contributed by atoms with van der Waals surface area (Å²) in [5.74, 6) is 0.444. The molecule has 0 aliphatic heterocycles. The van der Waals surface area contributed by atoms with Gasteiger partial charge in [0.15, 0.2) is 0 Å². The summed E-state index contributed by atoms with van der Waals surface area (Å²) in [5.41, 5.74) is 0. The fourth-order valence-corrected chi connectivity index (χ4v) is 0.311. The highest BCUT2D eigenvalue weighted by Gasteiger charge is 1.83. The number of rotatable bonds is 1. The molecule has 7 heavy (non-hydrogen) atoms. The van der Waals surface area contributed by atoms with Crippen molar-refractivity contribution in [2.24, 2.45) is 0 Å². The van der Waals surface area contributed by atoms with Crippen molar-refractivity contribution < 1.29 is 4.42 Å². The van der Waals surface area contributed by atoms with Gasteiger partial charge in [0.1, 0.15) is 6.26 Å². The highest BCUT2D eigenvalue weighted by molar-refractivity contribution is 4.89. The van der Waals surface area contributed by atoms with Gasteiger partial charge in [-0.25, -0.2) is 4.98 Å². The summed E-state index contributed by atoms with van der Waals surface area (Å²) in [4.78, 5) is 3.69. The number of oxazole rings is 1. The molecule has 1 aromatic heterocycles. The Morgan fingerprint density at radius 1 is 1.86 bits per heavy atom. The molecule has 35 valence electrons. The van der Waals surface area contributed by atoms with E-state index in [2.05, 4.69) is 17.6 Å². The molecule has 0 aromatic carbocycles. The summed E-state index contributed by atoms with van der Waals surface area (Å²) >= 11 is 0. The summed E-state index contributed by atoms with van der Waals surface area (Å²) in [6.45, 7) is 3.32. The van der Waals surface area contributed by atoms with Gasteiger partial charge in [-0.2, -0.15) is 0 Å². The van der Waals surface area contributed by atoms with Crippen molar-refractivity contribution in [1.82, 2.24) is 4.98 Å². The maximum Gasteiger partial charge on any atom is 0.226 e. The van der Waals surface area contributed by atoms with Crippen molar-refractivity contribution in [3.63, 3.8) is 0 Å². The largest absolute Gasteiger partial charge is 0.445 e. The molecular weight excluding hydrogens is 90.1 g/mol. The van der Waals surface area contributed by atoms with Crippen molar-refractivity contribution in [3.05, 3.63) is 31.0 Å². The van der Waals surface area contributed by atoms with Crippen LogP contribution in [0.1, 0.15) is 5.89 Å². The highest BCUT2D eigenvalue weighted by atomic mass is 16.3. The Morgan fingerprint density at radius 3 is 3.00 bits per heavy atom. The van der Waals surface area contributed by atoms with E-state index in [1.807, 2.05) is 0 Å². The fourth-order valence-electron chi connectivity index (χ4n) is 0.311. The molecule has 0 unspecified atom stereocenters. The van der Waals surface area contributed by atoms with Crippen LogP contribution in [0, 0.1) is 6.08 Å². The van der Waals surface area contributed by atoms with E-state index in [1.165, 1.54) is 6.26 Å². The van der Waals surface area contributed by atoms with Crippen LogP contribution < -0.4 is 0 Å². The second kappa shape index (κ2) is 1.60. The third kappa shape index (κ3) is 0.682. The van der Waals surface area contributed by atoms with E-state index in [0.717, 1.165) is 0 Å². The highest BCUT2D eigenvalue weighted by Crippen LogP contribution is 1.89. The minimum absolute atomic E-state index is 0.444. The Balaban J connectivity index is 2.96. The topological polar surface area (TPSA) is 26.0 Å².